The second-order valence-electron chi connectivity index (χ2n) is 9.52. The quantitative estimate of drug-likeness (QED) is 0.266. The zero-order chi connectivity index (χ0) is 23.6. The van der Waals surface area contributed by atoms with Gasteiger partial charge in [-0.3, -0.25) is 0 Å². The van der Waals surface area contributed by atoms with E-state index in [1.54, 1.807) is 0 Å². The number of aromatic nitrogens is 2. The molecule has 8 rings (SSSR count). The van der Waals surface area contributed by atoms with E-state index in [2.05, 4.69) is 137 Å². The van der Waals surface area contributed by atoms with Gasteiger partial charge in [0.2, 0.25) is 0 Å². The summed E-state index contributed by atoms with van der Waals surface area (Å²) in [6.07, 6.45) is 0. The zero-order valence-electron chi connectivity index (χ0n) is 19.6. The predicted octanol–water partition coefficient (Wildman–Crippen LogP) is 9.24. The molecule has 2 nitrogen and oxygen atoms in total. The molecule has 0 atom stereocenters. The maximum Gasteiger partial charge on any atom is 0.0548 e. The van der Waals surface area contributed by atoms with E-state index < -0.39 is 0 Å². The Bertz CT molecular complexity index is 2090. The van der Waals surface area contributed by atoms with E-state index in [9.17, 15) is 0 Å². The van der Waals surface area contributed by atoms with E-state index in [0.29, 0.717) is 0 Å². The van der Waals surface area contributed by atoms with Crippen LogP contribution < -0.4 is 0 Å². The van der Waals surface area contributed by atoms with Crippen LogP contribution in [-0.2, 0) is 0 Å². The first kappa shape index (κ1) is 19.5. The van der Waals surface area contributed by atoms with Crippen molar-refractivity contribution in [3.05, 3.63) is 127 Å². The van der Waals surface area contributed by atoms with Gasteiger partial charge < -0.3 is 9.55 Å². The van der Waals surface area contributed by atoms with E-state index in [-0.39, 0.29) is 0 Å². The van der Waals surface area contributed by atoms with Crippen LogP contribution in [0.1, 0.15) is 0 Å². The zero-order valence-corrected chi connectivity index (χ0v) is 19.6. The van der Waals surface area contributed by atoms with Crippen molar-refractivity contribution >= 4 is 54.4 Å². The van der Waals surface area contributed by atoms with Crippen molar-refractivity contribution in [1.29, 1.82) is 0 Å². The third kappa shape index (κ3) is 2.73. The summed E-state index contributed by atoms with van der Waals surface area (Å²) in [7, 11) is 0. The van der Waals surface area contributed by atoms with Crippen LogP contribution in [0.3, 0.4) is 0 Å². The first-order chi connectivity index (χ1) is 17.8. The lowest BCUT2D eigenvalue weighted by Gasteiger charge is -2.09. The lowest BCUT2D eigenvalue weighted by atomic mass is 10.0. The lowest BCUT2D eigenvalue weighted by Crippen LogP contribution is -1.93. The van der Waals surface area contributed by atoms with Crippen molar-refractivity contribution in [3.63, 3.8) is 0 Å². The molecule has 2 aromatic heterocycles. The van der Waals surface area contributed by atoms with Crippen molar-refractivity contribution in [2.45, 2.75) is 0 Å². The second kappa shape index (κ2) is 7.34. The van der Waals surface area contributed by atoms with Gasteiger partial charge in [-0.25, -0.2) is 0 Å². The van der Waals surface area contributed by atoms with Gasteiger partial charge in [0.05, 0.1) is 11.0 Å². The minimum absolute atomic E-state index is 1.17. The Hall–Kier alpha value is -4.82. The number of nitrogens with one attached hydrogen (secondary N) is 1. The Kier molecular flexibility index (Phi) is 3.97. The second-order valence-corrected chi connectivity index (χ2v) is 9.52. The van der Waals surface area contributed by atoms with E-state index >= 15 is 0 Å². The highest BCUT2D eigenvalue weighted by Gasteiger charge is 2.17. The molecule has 8 aromatic rings. The van der Waals surface area contributed by atoms with Crippen LogP contribution in [0.25, 0.3) is 71.2 Å². The molecular weight excluding hydrogens is 436 g/mol. The molecule has 0 aliphatic carbocycles. The fourth-order valence-corrected chi connectivity index (χ4v) is 5.86. The van der Waals surface area contributed by atoms with Crippen LogP contribution in [-0.4, -0.2) is 9.55 Å². The molecule has 1 N–H and O–H groups in total. The third-order valence-corrected chi connectivity index (χ3v) is 7.50. The third-order valence-electron chi connectivity index (χ3n) is 7.50. The van der Waals surface area contributed by atoms with Gasteiger partial charge in [0.15, 0.2) is 0 Å². The van der Waals surface area contributed by atoms with E-state index in [1.165, 1.54) is 71.2 Å². The molecular formula is C34H22N2. The molecule has 36 heavy (non-hydrogen) atoms. The van der Waals surface area contributed by atoms with Crippen LogP contribution in [0.5, 0.6) is 0 Å². The summed E-state index contributed by atoms with van der Waals surface area (Å²) >= 11 is 0. The molecule has 0 unspecified atom stereocenters. The molecule has 0 spiro atoms. The first-order valence-corrected chi connectivity index (χ1v) is 12.4. The summed E-state index contributed by atoms with van der Waals surface area (Å²) in [4.78, 5) is 3.71. The number of rotatable bonds is 2. The van der Waals surface area contributed by atoms with Gasteiger partial charge in [0.25, 0.3) is 0 Å². The van der Waals surface area contributed by atoms with Crippen LogP contribution >= 0.6 is 0 Å². The maximum absolute atomic E-state index is 3.71. The topological polar surface area (TPSA) is 20.7 Å². The summed E-state index contributed by atoms with van der Waals surface area (Å²) in [5, 5.41) is 7.64. The number of benzene rings is 6. The van der Waals surface area contributed by atoms with Crippen LogP contribution in [0.4, 0.5) is 0 Å². The number of para-hydroxylation sites is 1. The van der Waals surface area contributed by atoms with Crippen molar-refractivity contribution in [3.8, 4) is 16.8 Å². The summed E-state index contributed by atoms with van der Waals surface area (Å²) < 4.78 is 2.41. The molecule has 2 heteroatoms. The predicted molar refractivity (Wildman–Crippen MR) is 153 cm³/mol. The normalized spacial score (nSPS) is 11.9. The van der Waals surface area contributed by atoms with Gasteiger partial charge in [-0.2, -0.15) is 0 Å². The maximum atomic E-state index is 3.71. The summed E-state index contributed by atoms with van der Waals surface area (Å²) in [5.74, 6) is 0. The molecule has 6 aromatic carbocycles. The van der Waals surface area contributed by atoms with Gasteiger partial charge in [-0.15, -0.1) is 0 Å². The molecule has 0 bridgehead atoms. The molecule has 0 saturated carbocycles. The summed E-state index contributed by atoms with van der Waals surface area (Å²) in [6.45, 7) is 0. The van der Waals surface area contributed by atoms with Crippen LogP contribution in [0.2, 0.25) is 0 Å². The van der Waals surface area contributed by atoms with Gasteiger partial charge in [0, 0.05) is 38.3 Å². The molecule has 168 valence electrons. The van der Waals surface area contributed by atoms with Gasteiger partial charge in [-0.1, -0.05) is 91.0 Å². The number of nitrogens with zero attached hydrogens (tertiary/aromatic N) is 1. The molecule has 2 heterocycles. The minimum Gasteiger partial charge on any atom is -0.354 e. The fraction of sp³-hybridized carbons (Fsp3) is 0. The highest BCUT2D eigenvalue weighted by Crippen LogP contribution is 2.40. The van der Waals surface area contributed by atoms with Crippen molar-refractivity contribution in [2.24, 2.45) is 0 Å². The number of hydrogen-bond acceptors (Lipinski definition) is 0. The number of aromatic amines is 1. The van der Waals surface area contributed by atoms with Gasteiger partial charge in [0.1, 0.15) is 0 Å². The standard InChI is InChI=1S/C34H22N2/c1-2-8-22(9-3-1)25-15-17-27-30(21-25)35-29-18-19-32-34(33(27)29)28-12-6-7-13-31(28)36(32)26-16-14-23-10-4-5-11-24(23)20-26/h1-21,35H. The van der Waals surface area contributed by atoms with E-state index in [4.69, 9.17) is 0 Å². The van der Waals surface area contributed by atoms with E-state index in [0.717, 1.165) is 0 Å². The average Bonchev–Trinajstić information content (AvgIpc) is 3.48. The Morgan fingerprint density at radius 2 is 1.25 bits per heavy atom. The first-order valence-electron chi connectivity index (χ1n) is 12.4. The molecule has 0 amide bonds. The number of fused-ring (bicyclic) bond motifs is 8. The lowest BCUT2D eigenvalue weighted by molar-refractivity contribution is 1.19. The van der Waals surface area contributed by atoms with Crippen molar-refractivity contribution < 1.29 is 0 Å². The molecule has 0 saturated heterocycles. The van der Waals surface area contributed by atoms with Crippen molar-refractivity contribution in [2.75, 3.05) is 0 Å². The monoisotopic (exact) mass is 458 g/mol. The van der Waals surface area contributed by atoms with Gasteiger partial charge >= 0.3 is 0 Å². The van der Waals surface area contributed by atoms with E-state index in [1.807, 2.05) is 0 Å². The highest BCUT2D eigenvalue weighted by molar-refractivity contribution is 6.28. The molecule has 0 aliphatic heterocycles. The fourth-order valence-electron chi connectivity index (χ4n) is 5.86. The Morgan fingerprint density at radius 1 is 0.444 bits per heavy atom. The SMILES string of the molecule is c1ccc(-c2ccc3c(c2)[nH]c2ccc4c(c5ccccc5n4-c4ccc5ccccc5c4)c23)cc1. The summed E-state index contributed by atoms with van der Waals surface area (Å²) in [5.41, 5.74) is 8.44. The Labute approximate surface area is 208 Å². The van der Waals surface area contributed by atoms with Crippen LogP contribution in [0, 0.1) is 0 Å². The minimum atomic E-state index is 1.17. The smallest absolute Gasteiger partial charge is 0.0548 e. The average molecular weight is 459 g/mol. The molecule has 0 fully saturated rings. The number of hydrogen-bond donors (Lipinski definition) is 1. The van der Waals surface area contributed by atoms with Gasteiger partial charge in [-0.05, 0) is 58.3 Å². The van der Waals surface area contributed by atoms with Crippen LogP contribution in [0.15, 0.2) is 127 Å². The Morgan fingerprint density at radius 3 is 2.17 bits per heavy atom. The molecule has 0 aliphatic rings. The highest BCUT2D eigenvalue weighted by atomic mass is 15.0. The van der Waals surface area contributed by atoms with Crippen molar-refractivity contribution in [1.82, 2.24) is 9.55 Å². The Balaban J connectivity index is 1.46. The number of H-pyrrole nitrogens is 1. The molecule has 0 radical (unpaired) electrons. The largest absolute Gasteiger partial charge is 0.354 e. The summed E-state index contributed by atoms with van der Waals surface area (Å²) in [6, 6.07) is 46.0.